The first kappa shape index (κ1) is 15.3. The maximum Gasteiger partial charge on any atom is 0.0828 e. The van der Waals surface area contributed by atoms with Crippen LogP contribution in [-0.2, 0) is 4.74 Å². The molecule has 2 unspecified atom stereocenters. The third kappa shape index (κ3) is 3.52. The van der Waals surface area contributed by atoms with Gasteiger partial charge in [0.1, 0.15) is 0 Å². The zero-order valence-corrected chi connectivity index (χ0v) is 13.4. The Bertz CT molecular complexity index is 435. The number of anilines is 1. The molecule has 1 aliphatic rings. The molecule has 0 radical (unpaired) electrons. The van der Waals surface area contributed by atoms with E-state index in [0.717, 1.165) is 31.9 Å². The van der Waals surface area contributed by atoms with E-state index >= 15 is 0 Å². The normalized spacial score (nSPS) is 21.2. The Morgan fingerprint density at radius 2 is 2.15 bits per heavy atom. The van der Waals surface area contributed by atoms with Crippen LogP contribution in [0.25, 0.3) is 0 Å². The van der Waals surface area contributed by atoms with Crippen LogP contribution in [0.15, 0.2) is 0 Å². The van der Waals surface area contributed by atoms with E-state index in [9.17, 15) is 0 Å². The highest BCUT2D eigenvalue weighted by Gasteiger charge is 2.19. The lowest BCUT2D eigenvalue weighted by atomic mass is 10.1. The minimum Gasteiger partial charge on any atom is -0.380 e. The van der Waals surface area contributed by atoms with Gasteiger partial charge in [0.15, 0.2) is 0 Å². The van der Waals surface area contributed by atoms with Gasteiger partial charge in [-0.1, -0.05) is 0 Å². The molecule has 1 aliphatic heterocycles. The predicted molar refractivity (Wildman–Crippen MR) is 82.4 cm³/mol. The van der Waals surface area contributed by atoms with Gasteiger partial charge in [0, 0.05) is 24.7 Å². The average molecular weight is 280 g/mol. The Hall–Kier alpha value is -1.07. The van der Waals surface area contributed by atoms with Gasteiger partial charge in [-0.15, -0.1) is 0 Å². The molecule has 5 nitrogen and oxygen atoms in total. The van der Waals surface area contributed by atoms with Crippen LogP contribution in [0.3, 0.4) is 0 Å². The number of nitrogens with one attached hydrogen (secondary N) is 2. The van der Waals surface area contributed by atoms with Crippen molar-refractivity contribution in [3.63, 3.8) is 0 Å². The molecular formula is C15H28N4O. The van der Waals surface area contributed by atoms with Crippen molar-refractivity contribution in [1.82, 2.24) is 15.1 Å². The fourth-order valence-corrected chi connectivity index (χ4v) is 2.88. The fraction of sp³-hybridized carbons (Fsp3) is 0.800. The summed E-state index contributed by atoms with van der Waals surface area (Å²) in [5, 5.41) is 11.7. The molecule has 20 heavy (non-hydrogen) atoms. The van der Waals surface area contributed by atoms with Gasteiger partial charge in [0.2, 0.25) is 0 Å². The van der Waals surface area contributed by atoms with E-state index in [1.165, 1.54) is 11.4 Å². The van der Waals surface area contributed by atoms with Crippen molar-refractivity contribution < 1.29 is 4.74 Å². The zero-order chi connectivity index (χ0) is 14.7. The Kier molecular flexibility index (Phi) is 5.05. The summed E-state index contributed by atoms with van der Waals surface area (Å²) in [6.07, 6.45) is 1.06. The lowest BCUT2D eigenvalue weighted by molar-refractivity contribution is 0.0731. The van der Waals surface area contributed by atoms with Gasteiger partial charge < -0.3 is 15.4 Å². The van der Waals surface area contributed by atoms with Crippen molar-refractivity contribution in [3.8, 4) is 0 Å². The molecule has 0 saturated carbocycles. The molecule has 1 aromatic heterocycles. The molecule has 2 rings (SSSR count). The topological polar surface area (TPSA) is 51.1 Å². The highest BCUT2D eigenvalue weighted by atomic mass is 16.5. The van der Waals surface area contributed by atoms with E-state index in [0.29, 0.717) is 18.1 Å². The summed E-state index contributed by atoms with van der Waals surface area (Å²) < 4.78 is 7.60. The molecule has 2 N–H and O–H groups in total. The third-order valence-corrected chi connectivity index (χ3v) is 3.84. The second-order valence-corrected chi connectivity index (χ2v) is 6.09. The Morgan fingerprint density at radius 1 is 1.40 bits per heavy atom. The first-order valence-electron chi connectivity index (χ1n) is 7.62. The van der Waals surface area contributed by atoms with Gasteiger partial charge in [0.25, 0.3) is 0 Å². The SMILES string of the molecule is Cc1nn(C(C)C)c(C)c1NC(C)CC1COCCN1. The molecular weight excluding hydrogens is 252 g/mol. The van der Waals surface area contributed by atoms with E-state index in [-0.39, 0.29) is 0 Å². The fourth-order valence-electron chi connectivity index (χ4n) is 2.88. The quantitative estimate of drug-likeness (QED) is 0.868. The average Bonchev–Trinajstić information content (AvgIpc) is 2.68. The standard InChI is InChI=1S/C15H28N4O/c1-10(2)19-13(5)15(12(4)18-19)17-11(3)8-14-9-20-7-6-16-14/h10-11,14,16-17H,6-9H2,1-5H3. The van der Waals surface area contributed by atoms with Gasteiger partial charge in [-0.25, -0.2) is 0 Å². The summed E-state index contributed by atoms with van der Waals surface area (Å²) in [5.74, 6) is 0. The van der Waals surface area contributed by atoms with E-state index in [1.54, 1.807) is 0 Å². The predicted octanol–water partition coefficient (Wildman–Crippen LogP) is 2.26. The molecule has 2 atom stereocenters. The van der Waals surface area contributed by atoms with E-state index in [2.05, 4.69) is 55.0 Å². The summed E-state index contributed by atoms with van der Waals surface area (Å²) in [6.45, 7) is 13.4. The van der Waals surface area contributed by atoms with Crippen molar-refractivity contribution >= 4 is 5.69 Å². The zero-order valence-electron chi connectivity index (χ0n) is 13.4. The van der Waals surface area contributed by atoms with Crippen LogP contribution in [0, 0.1) is 13.8 Å². The Labute approximate surface area is 122 Å². The minimum atomic E-state index is 0.396. The summed E-state index contributed by atoms with van der Waals surface area (Å²) in [5.41, 5.74) is 3.48. The maximum atomic E-state index is 5.51. The van der Waals surface area contributed by atoms with Crippen LogP contribution in [0.5, 0.6) is 0 Å². The summed E-state index contributed by atoms with van der Waals surface area (Å²) in [6, 6.07) is 1.25. The Morgan fingerprint density at radius 3 is 2.70 bits per heavy atom. The highest BCUT2D eigenvalue weighted by molar-refractivity contribution is 5.52. The summed E-state index contributed by atoms with van der Waals surface area (Å²) >= 11 is 0. The second-order valence-electron chi connectivity index (χ2n) is 6.09. The molecule has 2 heterocycles. The molecule has 0 spiro atoms. The van der Waals surface area contributed by atoms with Gasteiger partial charge >= 0.3 is 0 Å². The number of aryl methyl sites for hydroxylation is 1. The van der Waals surface area contributed by atoms with E-state index in [4.69, 9.17) is 4.74 Å². The number of morpholine rings is 1. The molecule has 0 aromatic carbocycles. The number of aromatic nitrogens is 2. The molecule has 1 aromatic rings. The molecule has 0 amide bonds. The molecule has 114 valence electrons. The lowest BCUT2D eigenvalue weighted by Crippen LogP contribution is -2.43. The lowest BCUT2D eigenvalue weighted by Gasteiger charge is -2.27. The summed E-state index contributed by atoms with van der Waals surface area (Å²) in [7, 11) is 0. The van der Waals surface area contributed by atoms with Crippen molar-refractivity contribution in [2.45, 2.75) is 59.2 Å². The molecule has 0 bridgehead atoms. The van der Waals surface area contributed by atoms with Gasteiger partial charge in [0.05, 0.1) is 30.3 Å². The van der Waals surface area contributed by atoms with Gasteiger partial charge in [-0.2, -0.15) is 5.10 Å². The van der Waals surface area contributed by atoms with Crippen LogP contribution < -0.4 is 10.6 Å². The van der Waals surface area contributed by atoms with Crippen molar-refractivity contribution in [3.05, 3.63) is 11.4 Å². The van der Waals surface area contributed by atoms with Crippen molar-refractivity contribution in [2.24, 2.45) is 0 Å². The van der Waals surface area contributed by atoms with E-state index in [1.807, 2.05) is 0 Å². The number of hydrogen-bond acceptors (Lipinski definition) is 4. The second kappa shape index (κ2) is 6.59. The number of hydrogen-bond donors (Lipinski definition) is 2. The monoisotopic (exact) mass is 280 g/mol. The Balaban J connectivity index is 1.98. The van der Waals surface area contributed by atoms with Crippen LogP contribution in [0.2, 0.25) is 0 Å². The van der Waals surface area contributed by atoms with Crippen LogP contribution in [-0.4, -0.2) is 41.6 Å². The van der Waals surface area contributed by atoms with Crippen molar-refractivity contribution in [2.75, 3.05) is 25.1 Å². The number of nitrogens with zero attached hydrogens (tertiary/aromatic N) is 2. The van der Waals surface area contributed by atoms with Crippen LogP contribution in [0.1, 0.15) is 44.6 Å². The smallest absolute Gasteiger partial charge is 0.0828 e. The molecule has 5 heteroatoms. The first-order valence-corrected chi connectivity index (χ1v) is 7.62. The summed E-state index contributed by atoms with van der Waals surface area (Å²) in [4.78, 5) is 0. The van der Waals surface area contributed by atoms with Crippen LogP contribution in [0.4, 0.5) is 5.69 Å². The molecule has 1 fully saturated rings. The molecule has 0 aliphatic carbocycles. The van der Waals surface area contributed by atoms with Crippen LogP contribution >= 0.6 is 0 Å². The molecule has 1 saturated heterocycles. The number of rotatable bonds is 5. The van der Waals surface area contributed by atoms with Gasteiger partial charge in [-0.3, -0.25) is 4.68 Å². The van der Waals surface area contributed by atoms with Crippen molar-refractivity contribution in [1.29, 1.82) is 0 Å². The highest BCUT2D eigenvalue weighted by Crippen LogP contribution is 2.23. The first-order chi connectivity index (χ1) is 9.49. The van der Waals surface area contributed by atoms with Gasteiger partial charge in [-0.05, 0) is 41.0 Å². The van der Waals surface area contributed by atoms with E-state index < -0.39 is 0 Å². The largest absolute Gasteiger partial charge is 0.380 e. The maximum absolute atomic E-state index is 5.51. The minimum absolute atomic E-state index is 0.396. The third-order valence-electron chi connectivity index (χ3n) is 3.84. The number of ether oxygens (including phenoxy) is 1.